The molecule has 22 heavy (non-hydrogen) atoms. The highest BCUT2D eigenvalue weighted by Gasteiger charge is 2.30. The van der Waals surface area contributed by atoms with Crippen molar-refractivity contribution in [2.75, 3.05) is 52.5 Å². The van der Waals surface area contributed by atoms with Crippen LogP contribution in [-0.4, -0.2) is 85.2 Å². The van der Waals surface area contributed by atoms with Crippen LogP contribution in [0.1, 0.15) is 13.8 Å². The third-order valence-electron chi connectivity index (χ3n) is 3.99. The second kappa shape index (κ2) is 7.60. The van der Waals surface area contributed by atoms with Gasteiger partial charge in [0.05, 0.1) is 25.5 Å². The number of ether oxygens (including phenoxy) is 2. The van der Waals surface area contributed by atoms with Crippen LogP contribution < -0.4 is 0 Å². The zero-order chi connectivity index (χ0) is 16.1. The lowest BCUT2D eigenvalue weighted by atomic mass is 10.2. The minimum absolute atomic E-state index is 0.122. The Morgan fingerprint density at radius 2 is 1.86 bits per heavy atom. The predicted octanol–water partition coefficient (Wildman–Crippen LogP) is 0.522. The fourth-order valence-corrected chi connectivity index (χ4v) is 2.70. The van der Waals surface area contributed by atoms with Gasteiger partial charge >= 0.3 is 6.09 Å². The Bertz CT molecular complexity index is 435. The molecule has 2 amide bonds. The van der Waals surface area contributed by atoms with Gasteiger partial charge in [0.2, 0.25) is 5.91 Å². The number of hydrogen-bond acceptors (Lipinski definition) is 5. The number of amides is 2. The third-order valence-corrected chi connectivity index (χ3v) is 3.99. The van der Waals surface area contributed by atoms with E-state index < -0.39 is 0 Å². The molecule has 0 aromatic carbocycles. The molecule has 2 fully saturated rings. The summed E-state index contributed by atoms with van der Waals surface area (Å²) in [5, 5.41) is 0. The molecule has 2 aliphatic rings. The van der Waals surface area contributed by atoms with Gasteiger partial charge in [-0.3, -0.25) is 9.69 Å². The molecule has 0 bridgehead atoms. The Morgan fingerprint density at radius 3 is 2.45 bits per heavy atom. The Morgan fingerprint density at radius 1 is 1.18 bits per heavy atom. The number of nitrogens with zero attached hydrogens (tertiary/aromatic N) is 3. The van der Waals surface area contributed by atoms with Crippen molar-refractivity contribution in [1.29, 1.82) is 0 Å². The van der Waals surface area contributed by atoms with E-state index in [1.165, 1.54) is 0 Å². The Balaban J connectivity index is 1.81. The standard InChI is InChI=1S/C15H25N3O4/c1-12(2)22-15(20)18-5-4-17(13(3)10-18)11-14(19)16-6-8-21-9-7-16/h13H,1,4-11H2,2-3H3. The van der Waals surface area contributed by atoms with Crippen molar-refractivity contribution < 1.29 is 19.1 Å². The predicted molar refractivity (Wildman–Crippen MR) is 81.3 cm³/mol. The van der Waals surface area contributed by atoms with E-state index in [0.29, 0.717) is 58.2 Å². The van der Waals surface area contributed by atoms with Gasteiger partial charge in [0.25, 0.3) is 0 Å². The SMILES string of the molecule is C=C(C)OC(=O)N1CCN(CC(=O)N2CCOCC2)C(C)C1. The summed E-state index contributed by atoms with van der Waals surface area (Å²) in [6.45, 7) is 12.0. The van der Waals surface area contributed by atoms with Gasteiger partial charge in [-0.2, -0.15) is 0 Å². The van der Waals surface area contributed by atoms with Gasteiger partial charge < -0.3 is 19.3 Å². The van der Waals surface area contributed by atoms with Crippen LogP contribution in [0, 0.1) is 0 Å². The van der Waals surface area contributed by atoms with E-state index in [2.05, 4.69) is 11.5 Å². The van der Waals surface area contributed by atoms with Crippen molar-refractivity contribution in [3.63, 3.8) is 0 Å². The number of allylic oxidation sites excluding steroid dienone is 1. The van der Waals surface area contributed by atoms with E-state index >= 15 is 0 Å². The van der Waals surface area contributed by atoms with Gasteiger partial charge in [-0.1, -0.05) is 6.58 Å². The molecular weight excluding hydrogens is 286 g/mol. The second-order valence-electron chi connectivity index (χ2n) is 5.83. The van der Waals surface area contributed by atoms with E-state index in [1.54, 1.807) is 11.8 Å². The van der Waals surface area contributed by atoms with E-state index in [9.17, 15) is 9.59 Å². The van der Waals surface area contributed by atoms with Crippen molar-refractivity contribution in [2.45, 2.75) is 19.9 Å². The minimum atomic E-state index is -0.362. The van der Waals surface area contributed by atoms with Crippen LogP contribution in [0.2, 0.25) is 0 Å². The topological polar surface area (TPSA) is 62.3 Å². The summed E-state index contributed by atoms with van der Waals surface area (Å²) in [6, 6.07) is 0.122. The summed E-state index contributed by atoms with van der Waals surface area (Å²) in [4.78, 5) is 29.8. The molecule has 0 aromatic heterocycles. The Hall–Kier alpha value is -1.60. The van der Waals surface area contributed by atoms with Crippen molar-refractivity contribution in [3.05, 3.63) is 12.3 Å². The summed E-state index contributed by atoms with van der Waals surface area (Å²) in [7, 11) is 0. The third kappa shape index (κ3) is 4.45. The molecule has 0 aromatic rings. The lowest BCUT2D eigenvalue weighted by molar-refractivity contribution is -0.137. The minimum Gasteiger partial charge on any atom is -0.416 e. The molecule has 124 valence electrons. The molecule has 7 nitrogen and oxygen atoms in total. The summed E-state index contributed by atoms with van der Waals surface area (Å²) < 4.78 is 10.3. The normalized spacial score (nSPS) is 23.3. The molecule has 1 unspecified atom stereocenters. The van der Waals surface area contributed by atoms with Gasteiger partial charge in [-0.05, 0) is 13.8 Å². The molecule has 0 radical (unpaired) electrons. The fourth-order valence-electron chi connectivity index (χ4n) is 2.70. The Kier molecular flexibility index (Phi) is 5.79. The summed E-state index contributed by atoms with van der Waals surface area (Å²) in [5.41, 5.74) is 0. The summed E-state index contributed by atoms with van der Waals surface area (Å²) >= 11 is 0. The molecule has 2 heterocycles. The first kappa shape index (κ1) is 16.8. The van der Waals surface area contributed by atoms with Crippen LogP contribution in [0.5, 0.6) is 0 Å². The van der Waals surface area contributed by atoms with Crippen LogP contribution in [-0.2, 0) is 14.3 Å². The summed E-state index contributed by atoms with van der Waals surface area (Å²) in [5.74, 6) is 0.524. The van der Waals surface area contributed by atoms with Gasteiger partial charge in [0.1, 0.15) is 0 Å². The molecule has 0 aliphatic carbocycles. The first-order valence-corrected chi connectivity index (χ1v) is 7.69. The first-order valence-electron chi connectivity index (χ1n) is 7.69. The van der Waals surface area contributed by atoms with Crippen LogP contribution >= 0.6 is 0 Å². The van der Waals surface area contributed by atoms with Crippen LogP contribution in [0.4, 0.5) is 4.79 Å². The highest BCUT2D eigenvalue weighted by molar-refractivity contribution is 5.78. The van der Waals surface area contributed by atoms with Crippen LogP contribution in [0.15, 0.2) is 12.3 Å². The number of carbonyl (C=O) groups excluding carboxylic acids is 2. The van der Waals surface area contributed by atoms with E-state index in [4.69, 9.17) is 9.47 Å². The molecule has 0 N–H and O–H groups in total. The molecule has 0 spiro atoms. The lowest BCUT2D eigenvalue weighted by Crippen LogP contribution is -2.56. The average Bonchev–Trinajstić information content (AvgIpc) is 2.49. The molecule has 2 saturated heterocycles. The monoisotopic (exact) mass is 311 g/mol. The fraction of sp³-hybridized carbons (Fsp3) is 0.733. The maximum atomic E-state index is 12.3. The molecule has 1 atom stereocenters. The molecule has 0 saturated carbocycles. The number of morpholine rings is 1. The maximum absolute atomic E-state index is 12.3. The van der Waals surface area contributed by atoms with Crippen molar-refractivity contribution in [1.82, 2.24) is 14.7 Å². The molecular formula is C15H25N3O4. The lowest BCUT2D eigenvalue weighted by Gasteiger charge is -2.39. The zero-order valence-electron chi connectivity index (χ0n) is 13.4. The van der Waals surface area contributed by atoms with Gasteiger partial charge in [0.15, 0.2) is 0 Å². The first-order chi connectivity index (χ1) is 10.5. The quantitative estimate of drug-likeness (QED) is 0.711. The van der Waals surface area contributed by atoms with E-state index in [0.717, 1.165) is 0 Å². The highest BCUT2D eigenvalue weighted by Crippen LogP contribution is 2.12. The highest BCUT2D eigenvalue weighted by atomic mass is 16.6. The smallest absolute Gasteiger partial charge is 0.414 e. The second-order valence-corrected chi connectivity index (χ2v) is 5.83. The number of carbonyl (C=O) groups is 2. The molecule has 7 heteroatoms. The maximum Gasteiger partial charge on any atom is 0.414 e. The average molecular weight is 311 g/mol. The largest absolute Gasteiger partial charge is 0.416 e. The van der Waals surface area contributed by atoms with E-state index in [-0.39, 0.29) is 18.0 Å². The van der Waals surface area contributed by atoms with Crippen LogP contribution in [0.25, 0.3) is 0 Å². The number of piperazine rings is 1. The zero-order valence-corrected chi connectivity index (χ0v) is 13.4. The van der Waals surface area contributed by atoms with Crippen LogP contribution in [0.3, 0.4) is 0 Å². The summed E-state index contributed by atoms with van der Waals surface area (Å²) in [6.07, 6.45) is -0.362. The van der Waals surface area contributed by atoms with Gasteiger partial charge in [0, 0.05) is 38.8 Å². The van der Waals surface area contributed by atoms with Crippen molar-refractivity contribution in [3.8, 4) is 0 Å². The number of rotatable bonds is 3. The Labute approximate surface area is 131 Å². The van der Waals surface area contributed by atoms with Crippen molar-refractivity contribution >= 4 is 12.0 Å². The van der Waals surface area contributed by atoms with E-state index in [1.807, 2.05) is 11.8 Å². The molecule has 2 aliphatic heterocycles. The van der Waals surface area contributed by atoms with Gasteiger partial charge in [-0.15, -0.1) is 0 Å². The van der Waals surface area contributed by atoms with Crippen molar-refractivity contribution in [2.24, 2.45) is 0 Å². The molecule has 2 rings (SSSR count). The van der Waals surface area contributed by atoms with Gasteiger partial charge in [-0.25, -0.2) is 4.79 Å². The number of hydrogen-bond donors (Lipinski definition) is 0.